The molecule has 4 rings (SSSR count). The maximum atomic E-state index is 12.9. The van der Waals surface area contributed by atoms with Crippen molar-refractivity contribution >= 4 is 11.8 Å². The van der Waals surface area contributed by atoms with E-state index in [1.165, 1.54) is 0 Å². The fourth-order valence-corrected chi connectivity index (χ4v) is 6.27. The monoisotopic (exact) mass is 464 g/mol. The number of nitrogens with zero attached hydrogens (tertiary/aromatic N) is 2. The molecule has 7 atom stereocenters. The zero-order chi connectivity index (χ0) is 24.3. The molecule has 2 aromatic rings. The number of hydrogen-bond donors (Lipinski definition) is 3. The molecule has 2 heterocycles. The average Bonchev–Trinajstić information content (AvgIpc) is 2.85. The van der Waals surface area contributed by atoms with Crippen molar-refractivity contribution in [1.29, 1.82) is 0 Å². The molecule has 7 nitrogen and oxygen atoms in total. The molecular formula is C27H36N4O3. The van der Waals surface area contributed by atoms with Crippen molar-refractivity contribution in [1.82, 2.24) is 20.6 Å². The molecule has 3 N–H and O–H groups in total. The van der Waals surface area contributed by atoms with E-state index in [-0.39, 0.29) is 46.9 Å². The molecule has 2 aliphatic carbocycles. The highest BCUT2D eigenvalue weighted by Gasteiger charge is 2.53. The van der Waals surface area contributed by atoms with Gasteiger partial charge in [0.1, 0.15) is 5.69 Å². The van der Waals surface area contributed by atoms with Gasteiger partial charge in [0.15, 0.2) is 0 Å². The SMILES string of the molecule is C[C@H]1[C@@H]2[C@@H](O)[C@H]([C@H](C)C(=O)NCc3ccccn3)CC[C@@]2(C)CC[C@@H]1NC(=O)c1ccccn1. The minimum absolute atomic E-state index is 0.00567. The smallest absolute Gasteiger partial charge is 0.270 e. The molecule has 2 aromatic heterocycles. The van der Waals surface area contributed by atoms with Gasteiger partial charge in [-0.1, -0.05) is 32.9 Å². The van der Waals surface area contributed by atoms with Crippen molar-refractivity contribution in [2.75, 3.05) is 0 Å². The predicted molar refractivity (Wildman–Crippen MR) is 129 cm³/mol. The quantitative estimate of drug-likeness (QED) is 0.608. The molecule has 0 spiro atoms. The molecule has 0 aromatic carbocycles. The van der Waals surface area contributed by atoms with Crippen LogP contribution in [0.4, 0.5) is 0 Å². The Labute approximate surface area is 201 Å². The van der Waals surface area contributed by atoms with E-state index < -0.39 is 6.10 Å². The fraction of sp³-hybridized carbons (Fsp3) is 0.556. The second kappa shape index (κ2) is 10.2. The summed E-state index contributed by atoms with van der Waals surface area (Å²) in [5, 5.41) is 17.7. The van der Waals surface area contributed by atoms with Crippen LogP contribution in [0.15, 0.2) is 48.8 Å². The van der Waals surface area contributed by atoms with Crippen LogP contribution in [0.1, 0.15) is 62.6 Å². The highest BCUT2D eigenvalue weighted by Crippen LogP contribution is 2.55. The molecule has 2 fully saturated rings. The van der Waals surface area contributed by atoms with Gasteiger partial charge in [-0.05, 0) is 73.1 Å². The summed E-state index contributed by atoms with van der Waals surface area (Å²) in [6, 6.07) is 10.9. The first-order valence-electron chi connectivity index (χ1n) is 12.4. The number of rotatable bonds is 6. The number of hydrogen-bond acceptors (Lipinski definition) is 5. The Morgan fingerprint density at radius 3 is 2.50 bits per heavy atom. The first-order valence-corrected chi connectivity index (χ1v) is 12.4. The number of carbonyl (C=O) groups is 2. The van der Waals surface area contributed by atoms with Crippen molar-refractivity contribution in [3.05, 3.63) is 60.2 Å². The van der Waals surface area contributed by atoms with Gasteiger partial charge in [0, 0.05) is 24.4 Å². The second-order valence-corrected chi connectivity index (χ2v) is 10.4. The molecule has 182 valence electrons. The van der Waals surface area contributed by atoms with E-state index in [4.69, 9.17) is 0 Å². The summed E-state index contributed by atoms with van der Waals surface area (Å²) in [4.78, 5) is 34.1. The van der Waals surface area contributed by atoms with Crippen LogP contribution < -0.4 is 10.6 Å². The molecule has 0 saturated heterocycles. The Hall–Kier alpha value is -2.80. The first kappa shape index (κ1) is 24.3. The Morgan fingerprint density at radius 2 is 1.82 bits per heavy atom. The van der Waals surface area contributed by atoms with Crippen molar-refractivity contribution in [2.24, 2.45) is 29.1 Å². The third kappa shape index (κ3) is 4.99. The van der Waals surface area contributed by atoms with E-state index in [9.17, 15) is 14.7 Å². The van der Waals surface area contributed by atoms with Gasteiger partial charge in [0.25, 0.3) is 5.91 Å². The van der Waals surface area contributed by atoms with Gasteiger partial charge < -0.3 is 15.7 Å². The number of nitrogens with one attached hydrogen (secondary N) is 2. The number of aliphatic hydroxyl groups is 1. The van der Waals surface area contributed by atoms with E-state index in [0.29, 0.717) is 12.2 Å². The summed E-state index contributed by atoms with van der Waals surface area (Å²) in [5.41, 5.74) is 1.22. The van der Waals surface area contributed by atoms with Gasteiger partial charge in [-0.25, -0.2) is 0 Å². The highest BCUT2D eigenvalue weighted by molar-refractivity contribution is 5.92. The second-order valence-electron chi connectivity index (χ2n) is 10.4. The zero-order valence-electron chi connectivity index (χ0n) is 20.3. The first-order chi connectivity index (χ1) is 16.3. The lowest BCUT2D eigenvalue weighted by Crippen LogP contribution is -2.58. The minimum atomic E-state index is -0.598. The average molecular weight is 465 g/mol. The van der Waals surface area contributed by atoms with Crippen LogP contribution in [-0.2, 0) is 11.3 Å². The van der Waals surface area contributed by atoms with Gasteiger partial charge in [0.2, 0.25) is 5.91 Å². The van der Waals surface area contributed by atoms with Crippen LogP contribution in [0.25, 0.3) is 0 Å². The molecule has 2 amide bonds. The molecule has 2 aliphatic rings. The maximum absolute atomic E-state index is 12.9. The normalized spacial score (nSPS) is 31.7. The molecule has 2 saturated carbocycles. The van der Waals surface area contributed by atoms with E-state index in [1.807, 2.05) is 25.1 Å². The summed E-state index contributed by atoms with van der Waals surface area (Å²) in [6.07, 6.45) is 6.35. The molecule has 0 radical (unpaired) electrons. The van der Waals surface area contributed by atoms with E-state index in [1.54, 1.807) is 30.6 Å². The van der Waals surface area contributed by atoms with Gasteiger partial charge in [-0.2, -0.15) is 0 Å². The minimum Gasteiger partial charge on any atom is -0.392 e. The van der Waals surface area contributed by atoms with Gasteiger partial charge in [0.05, 0.1) is 18.3 Å². The number of aromatic nitrogens is 2. The van der Waals surface area contributed by atoms with E-state index in [0.717, 1.165) is 31.4 Å². The molecule has 7 heteroatoms. The third-order valence-corrected chi connectivity index (χ3v) is 8.33. The molecular weight excluding hydrogens is 428 g/mol. The number of carbonyl (C=O) groups excluding carboxylic acids is 2. The summed E-state index contributed by atoms with van der Waals surface area (Å²) in [6.45, 7) is 6.68. The largest absolute Gasteiger partial charge is 0.392 e. The van der Waals surface area contributed by atoms with Crippen LogP contribution in [0, 0.1) is 29.1 Å². The Balaban J connectivity index is 1.42. The molecule has 0 bridgehead atoms. The van der Waals surface area contributed by atoms with Crippen LogP contribution >= 0.6 is 0 Å². The van der Waals surface area contributed by atoms with Crippen molar-refractivity contribution in [3.63, 3.8) is 0 Å². The van der Waals surface area contributed by atoms with Crippen molar-refractivity contribution in [2.45, 2.75) is 65.1 Å². The van der Waals surface area contributed by atoms with Crippen LogP contribution in [-0.4, -0.2) is 39.0 Å². The molecule has 0 aliphatic heterocycles. The standard InChI is InChI=1S/C27H36N4O3/c1-17(25(33)30-16-19-8-4-6-14-28-19)20-10-12-27(3)13-11-21(18(2)23(27)24(20)32)31-26(34)22-9-5-7-15-29-22/h4-9,14-15,17-18,20-21,23-24,32H,10-13,16H2,1-3H3,(H,30,33)(H,31,34)/t17-,18+,20-,21-,23+,24-,27-/m0/s1. The van der Waals surface area contributed by atoms with Crippen molar-refractivity contribution < 1.29 is 14.7 Å². The van der Waals surface area contributed by atoms with Crippen LogP contribution in [0.2, 0.25) is 0 Å². The van der Waals surface area contributed by atoms with Crippen LogP contribution in [0.3, 0.4) is 0 Å². The van der Waals surface area contributed by atoms with E-state index >= 15 is 0 Å². The Morgan fingerprint density at radius 1 is 1.12 bits per heavy atom. The van der Waals surface area contributed by atoms with Crippen LogP contribution in [0.5, 0.6) is 0 Å². The fourth-order valence-electron chi connectivity index (χ4n) is 6.27. The lowest BCUT2D eigenvalue weighted by molar-refractivity contribution is -0.142. The summed E-state index contributed by atoms with van der Waals surface area (Å²) >= 11 is 0. The number of fused-ring (bicyclic) bond motifs is 1. The Kier molecular flexibility index (Phi) is 7.31. The lowest BCUT2D eigenvalue weighted by Gasteiger charge is -2.56. The van der Waals surface area contributed by atoms with Gasteiger partial charge >= 0.3 is 0 Å². The van der Waals surface area contributed by atoms with E-state index in [2.05, 4.69) is 34.4 Å². The van der Waals surface area contributed by atoms with Crippen molar-refractivity contribution in [3.8, 4) is 0 Å². The lowest BCUT2D eigenvalue weighted by atomic mass is 9.51. The third-order valence-electron chi connectivity index (χ3n) is 8.33. The zero-order valence-corrected chi connectivity index (χ0v) is 20.3. The molecule has 0 unspecified atom stereocenters. The van der Waals surface area contributed by atoms with Gasteiger partial charge in [-0.15, -0.1) is 0 Å². The maximum Gasteiger partial charge on any atom is 0.270 e. The highest BCUT2D eigenvalue weighted by atomic mass is 16.3. The summed E-state index contributed by atoms with van der Waals surface area (Å²) in [5.74, 6) is -0.548. The Bertz CT molecular complexity index is 986. The van der Waals surface area contributed by atoms with Gasteiger partial charge in [-0.3, -0.25) is 19.6 Å². The summed E-state index contributed by atoms with van der Waals surface area (Å²) in [7, 11) is 0. The summed E-state index contributed by atoms with van der Waals surface area (Å²) < 4.78 is 0. The number of amides is 2. The molecule has 34 heavy (non-hydrogen) atoms. The number of pyridine rings is 2. The topological polar surface area (TPSA) is 104 Å². The number of aliphatic hydroxyl groups excluding tert-OH is 1. The predicted octanol–water partition coefficient (Wildman–Crippen LogP) is 3.35.